The monoisotopic (exact) mass is 932 g/mol. The molecule has 6 N–H and O–H groups in total. The number of anilines is 3. The zero-order valence-corrected chi connectivity index (χ0v) is 36.0. The average molecular weight is 933 g/mol. The summed E-state index contributed by atoms with van der Waals surface area (Å²) >= 11 is 0.675. The third-order valence-corrected chi connectivity index (χ3v) is 15.0. The van der Waals surface area contributed by atoms with Crippen LogP contribution in [0, 0.1) is 0 Å². The summed E-state index contributed by atoms with van der Waals surface area (Å²) in [7, 11) is 1.30. The molecule has 3 fully saturated rings. The van der Waals surface area contributed by atoms with Gasteiger partial charge in [0.2, 0.25) is 19.4 Å². The van der Waals surface area contributed by atoms with E-state index >= 15 is 8.78 Å². The predicted molar refractivity (Wildman–Crippen MR) is 223 cm³/mol. The number of ether oxygens (including phenoxy) is 2. The summed E-state index contributed by atoms with van der Waals surface area (Å²) in [6.07, 6.45) is -6.01. The minimum atomic E-state index is -4.69. The Balaban J connectivity index is 1.03. The van der Waals surface area contributed by atoms with E-state index in [1.165, 1.54) is 21.8 Å². The molecule has 10 atom stereocenters. The van der Waals surface area contributed by atoms with Gasteiger partial charge in [0, 0.05) is 17.9 Å². The Hall–Kier alpha value is -4.65. The SMILES string of the molecule is [B]P1(=O)OC[C@H]2O[C@@H](n3cnc4c(N)ncnc43)[C@H](F)[C@@H]2O[P@](=O)(SCc2ccc(NC(=O)CNC(=O)CCCCC)cc2)OC[C@H]2O[C@@H](n3cnc4c(N)ncnc43)[C@H](F)[C@@H]2O1. The van der Waals surface area contributed by atoms with Gasteiger partial charge < -0.3 is 40.6 Å². The number of hydrogen-bond donors (Lipinski definition) is 4. The van der Waals surface area contributed by atoms with Gasteiger partial charge in [-0.2, -0.15) is 0 Å². The summed E-state index contributed by atoms with van der Waals surface area (Å²) in [5.74, 6) is -0.661. The topological polar surface area (TPSA) is 287 Å². The Morgan fingerprint density at radius 2 is 1.40 bits per heavy atom. The molecule has 28 heteroatoms. The first-order valence-corrected chi connectivity index (χ1v) is 24.4. The fourth-order valence-corrected chi connectivity index (χ4v) is 11.5. The molecule has 1 aromatic carbocycles. The summed E-state index contributed by atoms with van der Waals surface area (Å²) in [6.45, 7) is -4.19. The summed E-state index contributed by atoms with van der Waals surface area (Å²) in [4.78, 5) is 49.0. The molecule has 0 aliphatic carbocycles. The van der Waals surface area contributed by atoms with Crippen molar-refractivity contribution in [2.24, 2.45) is 0 Å². The maximum atomic E-state index is 16.8. The van der Waals surface area contributed by atoms with E-state index in [0.29, 0.717) is 29.1 Å². The first-order chi connectivity index (χ1) is 30.2. The fraction of sp³-hybridized carbons (Fsp3) is 0.486. The number of nitrogens with zero attached hydrogens (tertiary/aromatic N) is 8. The van der Waals surface area contributed by atoms with Crippen molar-refractivity contribution in [3.63, 3.8) is 0 Å². The van der Waals surface area contributed by atoms with Crippen LogP contribution in [-0.2, 0) is 52.0 Å². The van der Waals surface area contributed by atoms with Crippen LogP contribution in [0.3, 0.4) is 0 Å². The van der Waals surface area contributed by atoms with Gasteiger partial charge in [-0.3, -0.25) is 32.3 Å². The van der Waals surface area contributed by atoms with Crippen molar-refractivity contribution in [1.29, 1.82) is 0 Å². The normalized spacial score (nSPS) is 30.0. The second kappa shape index (κ2) is 18.8. The Kier molecular flexibility index (Phi) is 13.4. The molecule has 2 radical (unpaired) electrons. The maximum Gasteiger partial charge on any atom is 0.389 e. The van der Waals surface area contributed by atoms with E-state index < -0.39 is 82.6 Å². The van der Waals surface area contributed by atoms with E-state index in [9.17, 15) is 18.7 Å². The molecule has 2 amide bonds. The largest absolute Gasteiger partial charge is 0.389 e. The maximum absolute atomic E-state index is 16.8. The number of alkyl halides is 2. The first kappa shape index (κ1) is 44.9. The number of nitrogen functional groups attached to an aromatic ring is 2. The van der Waals surface area contributed by atoms with Crippen molar-refractivity contribution in [1.82, 2.24) is 44.4 Å². The van der Waals surface area contributed by atoms with E-state index in [1.54, 1.807) is 24.3 Å². The number of carbonyl (C=O) groups excluding carboxylic acids is 2. The van der Waals surface area contributed by atoms with E-state index in [2.05, 4.69) is 40.5 Å². The number of hydrogen-bond acceptors (Lipinski definition) is 19. The Morgan fingerprint density at radius 3 is 1.98 bits per heavy atom. The van der Waals surface area contributed by atoms with Crippen LogP contribution in [0.4, 0.5) is 26.1 Å². The van der Waals surface area contributed by atoms with Crippen LogP contribution in [0.5, 0.6) is 0 Å². The highest BCUT2D eigenvalue weighted by Gasteiger charge is 2.54. The molecular formula is C35H41BF2N12O10P2S. The van der Waals surface area contributed by atoms with Crippen LogP contribution in [0.1, 0.15) is 50.6 Å². The number of imidazole rings is 2. The molecule has 1 unspecified atom stereocenters. The highest BCUT2D eigenvalue weighted by Crippen LogP contribution is 2.65. The summed E-state index contributed by atoms with van der Waals surface area (Å²) < 4.78 is 99.5. The first-order valence-electron chi connectivity index (χ1n) is 19.6. The molecule has 5 aromatic rings. The molecule has 4 aromatic heterocycles. The minimum Gasteiger partial charge on any atom is -0.382 e. The van der Waals surface area contributed by atoms with Crippen LogP contribution in [-0.4, -0.2) is 115 Å². The van der Waals surface area contributed by atoms with Gasteiger partial charge in [-0.1, -0.05) is 31.9 Å². The Morgan fingerprint density at radius 1 is 0.825 bits per heavy atom. The van der Waals surface area contributed by atoms with Crippen LogP contribution in [0.15, 0.2) is 49.6 Å². The number of unbranched alkanes of at least 4 members (excludes halogenated alkanes) is 2. The van der Waals surface area contributed by atoms with Crippen molar-refractivity contribution in [2.75, 3.05) is 36.5 Å². The third kappa shape index (κ3) is 9.88. The lowest BCUT2D eigenvalue weighted by Crippen LogP contribution is -2.37. The van der Waals surface area contributed by atoms with E-state index in [0.717, 1.165) is 31.9 Å². The van der Waals surface area contributed by atoms with Gasteiger partial charge >= 0.3 is 6.80 Å². The van der Waals surface area contributed by atoms with E-state index in [-0.39, 0.29) is 52.2 Å². The zero-order chi connectivity index (χ0) is 44.5. The molecule has 8 rings (SSSR count). The molecule has 0 spiro atoms. The number of halogens is 2. The van der Waals surface area contributed by atoms with Gasteiger partial charge in [0.1, 0.15) is 48.1 Å². The lowest BCUT2D eigenvalue weighted by molar-refractivity contribution is -0.124. The second-order valence-corrected chi connectivity index (χ2v) is 20.2. The van der Waals surface area contributed by atoms with Crippen molar-refractivity contribution in [3.8, 4) is 0 Å². The second-order valence-electron chi connectivity index (χ2n) is 14.7. The number of nitrogens with one attached hydrogen (secondary N) is 2. The fourth-order valence-electron chi connectivity index (χ4n) is 7.10. The molecule has 7 heterocycles. The Bertz CT molecular complexity index is 2570. The van der Waals surface area contributed by atoms with Gasteiger partial charge in [-0.15, -0.1) is 0 Å². The quantitative estimate of drug-likeness (QED) is 0.0779. The zero-order valence-electron chi connectivity index (χ0n) is 33.3. The molecular weight excluding hydrogens is 891 g/mol. The smallest absolute Gasteiger partial charge is 0.382 e. The average Bonchev–Trinajstić information content (AvgIpc) is 4.03. The standard InChI is InChI=1S/C35H41BF2N12O10P2S/c1-2-3-4-5-22(51)41-10-23(52)48-19-8-6-18(7-9-19)13-63-62(54)56-12-21-28(24(37)34(58-21)49-16-46-26-30(39)42-14-44-32(26)49)59-61(36,53)55-11-20-29(60-62)25(38)35(57-20)50-17-47-27-31(40)43-15-45-33(27)50/h6-9,14-17,20-21,24-25,28-29,34-35H,2-5,10-13H2,1H3,(H,41,51)(H,48,52)(H2,39,42,44)(H2,40,43,45)/t20-,21-,24-,25-,28-,29-,34-,35-,61?,62-/m1/s1. The van der Waals surface area contributed by atoms with Gasteiger partial charge in [-0.25, -0.2) is 43.2 Å². The minimum absolute atomic E-state index is 0.0191. The van der Waals surface area contributed by atoms with Crippen molar-refractivity contribution in [2.45, 2.75) is 87.6 Å². The number of fused-ring (bicyclic) bond motifs is 4. The number of amides is 2. The Labute approximate surface area is 362 Å². The number of rotatable bonds is 12. The highest BCUT2D eigenvalue weighted by molar-refractivity contribution is 8.54. The molecule has 63 heavy (non-hydrogen) atoms. The van der Waals surface area contributed by atoms with Crippen molar-refractivity contribution < 1.29 is 55.1 Å². The third-order valence-electron chi connectivity index (χ3n) is 10.3. The van der Waals surface area contributed by atoms with Gasteiger partial charge in [0.05, 0.1) is 32.4 Å². The lowest BCUT2D eigenvalue weighted by Gasteiger charge is -2.30. The number of nitrogens with two attached hydrogens (primary N) is 2. The van der Waals surface area contributed by atoms with Crippen molar-refractivity contribution in [3.05, 3.63) is 55.1 Å². The summed E-state index contributed by atoms with van der Waals surface area (Å²) in [5.41, 5.74) is 13.4. The highest BCUT2D eigenvalue weighted by atomic mass is 32.7. The van der Waals surface area contributed by atoms with Crippen LogP contribution < -0.4 is 22.1 Å². The summed E-state index contributed by atoms with van der Waals surface area (Å²) in [6, 6.07) is 6.48. The molecule has 3 saturated heterocycles. The van der Waals surface area contributed by atoms with E-state index in [4.69, 9.17) is 46.6 Å². The lowest BCUT2D eigenvalue weighted by atomic mass is 10.1. The van der Waals surface area contributed by atoms with Gasteiger partial charge in [-0.05, 0) is 35.5 Å². The molecule has 3 aliphatic heterocycles. The predicted octanol–water partition coefficient (Wildman–Crippen LogP) is 4.07. The van der Waals surface area contributed by atoms with E-state index in [1.807, 2.05) is 6.92 Å². The summed E-state index contributed by atoms with van der Waals surface area (Å²) in [5, 5.41) is 5.30. The number of benzene rings is 1. The molecule has 0 saturated carbocycles. The van der Waals surface area contributed by atoms with Crippen LogP contribution >= 0.6 is 25.7 Å². The number of aromatic nitrogens is 8. The van der Waals surface area contributed by atoms with Gasteiger partial charge in [0.25, 0.3) is 7.47 Å². The van der Waals surface area contributed by atoms with Crippen molar-refractivity contribution >= 4 is 84.7 Å². The van der Waals surface area contributed by atoms with Crippen LogP contribution in [0.2, 0.25) is 0 Å². The number of carbonyl (C=O) groups is 2. The molecule has 22 nitrogen and oxygen atoms in total. The molecule has 3 aliphatic rings. The van der Waals surface area contributed by atoms with Gasteiger partial charge in [0.15, 0.2) is 47.7 Å². The van der Waals surface area contributed by atoms with Crippen LogP contribution in [0.25, 0.3) is 22.3 Å². The molecule has 0 bridgehead atoms. The molecule has 334 valence electrons.